The lowest BCUT2D eigenvalue weighted by Gasteiger charge is -2.35. The lowest BCUT2D eigenvalue weighted by Crippen LogP contribution is -2.53. The Labute approximate surface area is 152 Å². The molecule has 0 aromatic rings. The summed E-state index contributed by atoms with van der Waals surface area (Å²) >= 11 is 6.10. The quantitative estimate of drug-likeness (QED) is 0.715. The second kappa shape index (κ2) is 7.63. The third-order valence-electron chi connectivity index (χ3n) is 5.21. The smallest absolute Gasteiger partial charge is 0.235 e. The molecule has 1 aliphatic rings. The van der Waals surface area contributed by atoms with Crippen molar-refractivity contribution in [3.8, 4) is 0 Å². The van der Waals surface area contributed by atoms with Crippen LogP contribution in [0.5, 0.6) is 0 Å². The van der Waals surface area contributed by atoms with Crippen LogP contribution >= 0.6 is 11.6 Å². The highest BCUT2D eigenvalue weighted by Crippen LogP contribution is 2.36. The first-order valence-corrected chi connectivity index (χ1v) is 9.53. The second-order valence-electron chi connectivity index (χ2n) is 8.96. The molecule has 1 N–H and O–H groups in total. The molecule has 0 spiro atoms. The van der Waals surface area contributed by atoms with E-state index in [1.165, 1.54) is 0 Å². The fourth-order valence-corrected chi connectivity index (χ4v) is 3.37. The van der Waals surface area contributed by atoms with Crippen LogP contribution in [0.15, 0.2) is 4.99 Å². The van der Waals surface area contributed by atoms with Gasteiger partial charge in [0.2, 0.25) is 5.91 Å². The van der Waals surface area contributed by atoms with E-state index < -0.39 is 5.41 Å². The van der Waals surface area contributed by atoms with E-state index in [9.17, 15) is 4.79 Å². The minimum absolute atomic E-state index is 0.0233. The Bertz CT molecular complexity index is 471. The van der Waals surface area contributed by atoms with E-state index in [1.54, 1.807) is 0 Å². The maximum atomic E-state index is 13.2. The Kier molecular flexibility index (Phi) is 6.77. The predicted octanol–water partition coefficient (Wildman–Crippen LogP) is 4.41. The first-order chi connectivity index (χ1) is 10.9. The zero-order valence-electron chi connectivity index (χ0n) is 16.6. The average molecular weight is 359 g/mol. The molecule has 0 saturated heterocycles. The number of nitrogens with one attached hydrogen (secondary N) is 1. The molecule has 1 heterocycles. The van der Waals surface area contributed by atoms with Crippen LogP contribution < -0.4 is 5.32 Å². The molecule has 0 saturated carbocycles. The first kappa shape index (κ1) is 21.3. The molecule has 4 nitrogen and oxygen atoms in total. The van der Waals surface area contributed by atoms with Crippen molar-refractivity contribution in [1.29, 1.82) is 0 Å². The van der Waals surface area contributed by atoms with Crippen LogP contribution in [0, 0.1) is 16.2 Å². The Morgan fingerprint density at radius 1 is 1.25 bits per heavy atom. The highest BCUT2D eigenvalue weighted by molar-refractivity contribution is 6.18. The average Bonchev–Trinajstić information content (AvgIpc) is 2.95. The topological polar surface area (TPSA) is 50.7 Å². The summed E-state index contributed by atoms with van der Waals surface area (Å²) < 4.78 is 5.92. The molecule has 1 amide bonds. The molecule has 0 aromatic carbocycles. The minimum Gasteiger partial charge on any atom is -0.478 e. The monoisotopic (exact) mass is 358 g/mol. The SMILES string of the molecule is CCC(CC)(C(=O)N[C@H](CCl)C(C)(C)C)C1=N[C@@H](C(C)(C)C)CO1. The van der Waals surface area contributed by atoms with Crippen molar-refractivity contribution in [2.24, 2.45) is 21.2 Å². The zero-order valence-corrected chi connectivity index (χ0v) is 17.4. The van der Waals surface area contributed by atoms with Gasteiger partial charge >= 0.3 is 0 Å². The molecule has 1 aliphatic heterocycles. The van der Waals surface area contributed by atoms with Crippen molar-refractivity contribution in [2.75, 3.05) is 12.5 Å². The number of aliphatic imine (C=N–C) groups is 1. The molecule has 0 aromatic heterocycles. The van der Waals surface area contributed by atoms with Gasteiger partial charge in [0.1, 0.15) is 12.0 Å². The van der Waals surface area contributed by atoms with Gasteiger partial charge in [0, 0.05) is 11.9 Å². The fraction of sp³-hybridized carbons (Fsp3) is 0.895. The molecule has 24 heavy (non-hydrogen) atoms. The third-order valence-corrected chi connectivity index (χ3v) is 5.52. The van der Waals surface area contributed by atoms with Crippen molar-refractivity contribution >= 4 is 23.4 Å². The summed E-state index contributed by atoms with van der Waals surface area (Å²) in [5.41, 5.74) is -0.790. The lowest BCUT2D eigenvalue weighted by atomic mass is 9.79. The van der Waals surface area contributed by atoms with E-state index >= 15 is 0 Å². The number of amides is 1. The van der Waals surface area contributed by atoms with Crippen molar-refractivity contribution in [1.82, 2.24) is 5.32 Å². The van der Waals surface area contributed by atoms with Gasteiger partial charge in [-0.1, -0.05) is 55.4 Å². The Morgan fingerprint density at radius 3 is 2.12 bits per heavy atom. The van der Waals surface area contributed by atoms with E-state index in [-0.39, 0.29) is 28.8 Å². The van der Waals surface area contributed by atoms with Gasteiger partial charge in [-0.05, 0) is 23.7 Å². The van der Waals surface area contributed by atoms with Crippen LogP contribution in [0.4, 0.5) is 0 Å². The minimum atomic E-state index is -0.713. The second-order valence-corrected chi connectivity index (χ2v) is 9.27. The molecular weight excluding hydrogens is 324 g/mol. The van der Waals surface area contributed by atoms with Gasteiger partial charge in [-0.15, -0.1) is 11.6 Å². The lowest BCUT2D eigenvalue weighted by molar-refractivity contribution is -0.129. The van der Waals surface area contributed by atoms with Crippen molar-refractivity contribution in [3.05, 3.63) is 0 Å². The highest BCUT2D eigenvalue weighted by atomic mass is 35.5. The largest absolute Gasteiger partial charge is 0.478 e. The van der Waals surface area contributed by atoms with Gasteiger partial charge in [-0.2, -0.15) is 0 Å². The summed E-state index contributed by atoms with van der Waals surface area (Å²) in [4.78, 5) is 17.9. The molecule has 140 valence electrons. The Morgan fingerprint density at radius 2 is 1.79 bits per heavy atom. The molecule has 1 rings (SSSR count). The highest BCUT2D eigenvalue weighted by Gasteiger charge is 2.47. The number of carbonyl (C=O) groups is 1. The van der Waals surface area contributed by atoms with E-state index in [1.807, 2.05) is 13.8 Å². The van der Waals surface area contributed by atoms with Crippen molar-refractivity contribution in [2.45, 2.75) is 80.3 Å². The molecular formula is C19H35ClN2O2. The Balaban J connectivity index is 3.10. The van der Waals surface area contributed by atoms with E-state index in [0.717, 1.165) is 0 Å². The summed E-state index contributed by atoms with van der Waals surface area (Å²) in [5, 5.41) is 3.15. The fourth-order valence-electron chi connectivity index (χ4n) is 2.83. The van der Waals surface area contributed by atoms with Crippen LogP contribution in [0.25, 0.3) is 0 Å². The van der Waals surface area contributed by atoms with Gasteiger partial charge in [0.05, 0.1) is 6.04 Å². The van der Waals surface area contributed by atoms with Crippen LogP contribution in [0.3, 0.4) is 0 Å². The maximum absolute atomic E-state index is 13.2. The zero-order chi connectivity index (χ0) is 18.8. The van der Waals surface area contributed by atoms with E-state index in [4.69, 9.17) is 21.3 Å². The third kappa shape index (κ3) is 4.44. The molecule has 0 bridgehead atoms. The first-order valence-electron chi connectivity index (χ1n) is 9.00. The van der Waals surface area contributed by atoms with Gasteiger partial charge in [-0.25, -0.2) is 4.99 Å². The number of hydrogen-bond donors (Lipinski definition) is 1. The standard InChI is InChI=1S/C19H35ClN2O2/c1-9-19(10-2,15(23)21-13(11-20)17(3,4)5)16-22-14(12-24-16)18(6,7)8/h13-14H,9-12H2,1-8H3,(H,21,23)/t13-,14-/m1/s1. The van der Waals surface area contributed by atoms with Gasteiger partial charge in [0.15, 0.2) is 5.90 Å². The molecule has 0 unspecified atom stereocenters. The number of alkyl halides is 1. The maximum Gasteiger partial charge on any atom is 0.235 e. The Hall–Kier alpha value is -0.770. The molecule has 5 heteroatoms. The number of ether oxygens (including phenoxy) is 1. The van der Waals surface area contributed by atoms with Crippen LogP contribution in [-0.4, -0.2) is 36.4 Å². The van der Waals surface area contributed by atoms with Gasteiger partial charge < -0.3 is 10.1 Å². The molecule has 0 radical (unpaired) electrons. The normalized spacial score (nSPS) is 20.4. The number of rotatable bonds is 6. The van der Waals surface area contributed by atoms with Gasteiger partial charge in [0.25, 0.3) is 0 Å². The van der Waals surface area contributed by atoms with Crippen molar-refractivity contribution < 1.29 is 9.53 Å². The number of halogens is 1. The van der Waals surface area contributed by atoms with Crippen LogP contribution in [-0.2, 0) is 9.53 Å². The van der Waals surface area contributed by atoms with Crippen LogP contribution in [0.2, 0.25) is 0 Å². The summed E-state index contributed by atoms with van der Waals surface area (Å²) in [6.07, 6.45) is 1.31. The summed E-state index contributed by atoms with van der Waals surface area (Å²) in [6, 6.07) is -0.00577. The molecule has 2 atom stereocenters. The van der Waals surface area contributed by atoms with Crippen LogP contribution in [0.1, 0.15) is 68.2 Å². The summed E-state index contributed by atoms with van der Waals surface area (Å²) in [7, 11) is 0. The summed E-state index contributed by atoms with van der Waals surface area (Å²) in [5.74, 6) is 0.949. The van der Waals surface area contributed by atoms with Crippen molar-refractivity contribution in [3.63, 3.8) is 0 Å². The molecule has 0 aliphatic carbocycles. The van der Waals surface area contributed by atoms with E-state index in [0.29, 0.717) is 31.2 Å². The number of nitrogens with zero attached hydrogens (tertiary/aromatic N) is 1. The number of hydrogen-bond acceptors (Lipinski definition) is 3. The summed E-state index contributed by atoms with van der Waals surface area (Å²) in [6.45, 7) is 17.3. The predicted molar refractivity (Wildman–Crippen MR) is 102 cm³/mol. The molecule has 0 fully saturated rings. The van der Waals surface area contributed by atoms with E-state index in [2.05, 4.69) is 46.9 Å². The number of carbonyl (C=O) groups excluding carboxylic acids is 1. The van der Waals surface area contributed by atoms with Gasteiger partial charge in [-0.3, -0.25) is 4.79 Å².